The van der Waals surface area contributed by atoms with Gasteiger partial charge in [0.1, 0.15) is 11.9 Å². The van der Waals surface area contributed by atoms with Crippen LogP contribution in [-0.2, 0) is 9.59 Å². The van der Waals surface area contributed by atoms with Gasteiger partial charge in [-0.3, -0.25) is 19.2 Å². The summed E-state index contributed by atoms with van der Waals surface area (Å²) >= 11 is 0. The first-order valence-electron chi connectivity index (χ1n) is 15.8. The fraction of sp³-hybridized carbons (Fsp3) is 0.543. The zero-order valence-corrected chi connectivity index (χ0v) is 27.8. The van der Waals surface area contributed by atoms with Gasteiger partial charge in [0, 0.05) is 23.6 Å². The van der Waals surface area contributed by atoms with Crippen LogP contribution in [0, 0.1) is 29.5 Å². The molecule has 0 aliphatic carbocycles. The highest BCUT2D eigenvalue weighted by atomic mass is 19.1. The van der Waals surface area contributed by atoms with Crippen molar-refractivity contribution in [2.45, 2.75) is 92.5 Å². The second-order valence-corrected chi connectivity index (χ2v) is 13.1. The molecule has 0 bridgehead atoms. The molecular weight excluding hydrogens is 575 g/mol. The van der Waals surface area contributed by atoms with Crippen molar-refractivity contribution in [3.63, 3.8) is 0 Å². The van der Waals surface area contributed by atoms with Gasteiger partial charge >= 0.3 is 0 Å². The van der Waals surface area contributed by atoms with Crippen LogP contribution in [0.3, 0.4) is 0 Å². The molecule has 10 heteroatoms. The highest BCUT2D eigenvalue weighted by Crippen LogP contribution is 2.19. The van der Waals surface area contributed by atoms with E-state index in [2.05, 4.69) is 21.3 Å². The molecular formula is C35H51FN4O5. The van der Waals surface area contributed by atoms with Gasteiger partial charge in [0.2, 0.25) is 11.8 Å². The Labute approximate surface area is 267 Å². The number of hydrogen-bond donors (Lipinski definition) is 5. The van der Waals surface area contributed by atoms with Gasteiger partial charge in [-0.2, -0.15) is 0 Å². The van der Waals surface area contributed by atoms with Gasteiger partial charge in [-0.15, -0.1) is 0 Å². The van der Waals surface area contributed by atoms with E-state index in [-0.39, 0.29) is 53.2 Å². The molecule has 0 fully saturated rings. The summed E-state index contributed by atoms with van der Waals surface area (Å²) in [6.45, 7) is 15.5. The molecule has 45 heavy (non-hydrogen) atoms. The number of carbonyl (C=O) groups is 4. The fourth-order valence-electron chi connectivity index (χ4n) is 4.91. The third-order valence-electron chi connectivity index (χ3n) is 7.55. The van der Waals surface area contributed by atoms with Crippen LogP contribution in [0.1, 0.15) is 101 Å². The number of halogens is 1. The van der Waals surface area contributed by atoms with Gasteiger partial charge in [-0.05, 0) is 61.3 Å². The third kappa shape index (κ3) is 12.3. The standard InChI is InChI=1S/C35H51FN4O5/c1-20(2)14-29(30(41)15-23(7)32(42)40-31(22(5)6)35(45)37-19-21(3)4)39-34(44)27-16-26(17-28(36)18-27)33(43)38-24(8)25-12-10-9-11-13-25/h9-13,16-18,20-24,29-31,41H,14-15,19H2,1-8H3,(H,37,45)(H,38,43)(H,39,44)(H,40,42). The first-order valence-corrected chi connectivity index (χ1v) is 15.8. The van der Waals surface area contributed by atoms with E-state index in [4.69, 9.17) is 0 Å². The molecule has 0 aliphatic heterocycles. The lowest BCUT2D eigenvalue weighted by Crippen LogP contribution is -2.52. The van der Waals surface area contributed by atoms with Crippen LogP contribution in [0.25, 0.3) is 0 Å². The number of amides is 4. The van der Waals surface area contributed by atoms with E-state index in [0.717, 1.165) is 17.7 Å². The monoisotopic (exact) mass is 626 g/mol. The largest absolute Gasteiger partial charge is 0.391 e. The van der Waals surface area contributed by atoms with Crippen molar-refractivity contribution in [1.29, 1.82) is 0 Å². The number of aliphatic hydroxyl groups excluding tert-OH is 1. The van der Waals surface area contributed by atoms with Crippen LogP contribution >= 0.6 is 0 Å². The normalized spacial score (nSPS) is 14.8. The third-order valence-corrected chi connectivity index (χ3v) is 7.55. The minimum absolute atomic E-state index is 0.00804. The topological polar surface area (TPSA) is 137 Å². The Morgan fingerprint density at radius 1 is 0.733 bits per heavy atom. The minimum atomic E-state index is -1.10. The molecule has 2 rings (SSSR count). The van der Waals surface area contributed by atoms with Crippen LogP contribution in [0.2, 0.25) is 0 Å². The summed E-state index contributed by atoms with van der Waals surface area (Å²) in [6.07, 6.45) is -0.687. The van der Waals surface area contributed by atoms with Crippen molar-refractivity contribution >= 4 is 23.6 Å². The lowest BCUT2D eigenvalue weighted by Gasteiger charge is -2.29. The smallest absolute Gasteiger partial charge is 0.251 e. The SMILES string of the molecule is CC(C)CNC(=O)C(NC(=O)C(C)CC(O)C(CC(C)C)NC(=O)c1cc(F)cc(C(=O)NC(C)c2ccccc2)c1)C(C)C. The van der Waals surface area contributed by atoms with Gasteiger partial charge in [0.15, 0.2) is 0 Å². The lowest BCUT2D eigenvalue weighted by atomic mass is 9.91. The van der Waals surface area contributed by atoms with E-state index in [1.54, 1.807) is 6.92 Å². The van der Waals surface area contributed by atoms with Gasteiger partial charge in [-0.25, -0.2) is 4.39 Å². The van der Waals surface area contributed by atoms with Gasteiger partial charge < -0.3 is 26.4 Å². The Bertz CT molecular complexity index is 1280. The number of aliphatic hydroxyl groups is 1. The average Bonchev–Trinajstić information content (AvgIpc) is 2.97. The second-order valence-electron chi connectivity index (χ2n) is 13.1. The molecule has 0 aliphatic rings. The molecule has 0 saturated heterocycles. The number of nitrogens with one attached hydrogen (secondary N) is 4. The molecule has 5 unspecified atom stereocenters. The van der Waals surface area contributed by atoms with Crippen LogP contribution in [-0.4, -0.2) is 53.5 Å². The highest BCUT2D eigenvalue weighted by molar-refractivity contribution is 6.00. The average molecular weight is 627 g/mol. The maximum Gasteiger partial charge on any atom is 0.251 e. The summed E-state index contributed by atoms with van der Waals surface area (Å²) in [5.41, 5.74) is 0.806. The van der Waals surface area contributed by atoms with E-state index in [9.17, 15) is 28.7 Å². The van der Waals surface area contributed by atoms with Crippen molar-refractivity contribution in [2.24, 2.45) is 23.7 Å². The molecule has 5 N–H and O–H groups in total. The van der Waals surface area contributed by atoms with Gasteiger partial charge in [0.25, 0.3) is 11.8 Å². The number of benzene rings is 2. The first kappa shape index (κ1) is 37.4. The molecule has 2 aromatic carbocycles. The Kier molecular flexibility index (Phi) is 14.7. The van der Waals surface area contributed by atoms with Crippen LogP contribution in [0.4, 0.5) is 4.39 Å². The Balaban J connectivity index is 2.12. The molecule has 5 atom stereocenters. The van der Waals surface area contributed by atoms with E-state index in [0.29, 0.717) is 13.0 Å². The first-order chi connectivity index (χ1) is 21.1. The Morgan fingerprint density at radius 3 is 1.84 bits per heavy atom. The van der Waals surface area contributed by atoms with Crippen molar-refractivity contribution in [2.75, 3.05) is 6.54 Å². The van der Waals surface area contributed by atoms with Crippen molar-refractivity contribution in [3.8, 4) is 0 Å². The molecule has 2 aromatic rings. The number of hydrogen-bond acceptors (Lipinski definition) is 5. The predicted octanol–water partition coefficient (Wildman–Crippen LogP) is 4.76. The Hall–Kier alpha value is -3.79. The molecule has 0 aromatic heterocycles. The van der Waals surface area contributed by atoms with E-state index in [1.807, 2.05) is 78.8 Å². The van der Waals surface area contributed by atoms with Crippen LogP contribution in [0.15, 0.2) is 48.5 Å². The summed E-state index contributed by atoms with van der Waals surface area (Å²) in [5.74, 6) is -3.04. The maximum atomic E-state index is 14.6. The van der Waals surface area contributed by atoms with Crippen molar-refractivity contribution in [1.82, 2.24) is 21.3 Å². The molecule has 0 radical (unpaired) electrons. The number of carbonyl (C=O) groups excluding carboxylic acids is 4. The zero-order chi connectivity index (χ0) is 33.8. The highest BCUT2D eigenvalue weighted by Gasteiger charge is 2.30. The summed E-state index contributed by atoms with van der Waals surface area (Å²) in [6, 6.07) is 10.9. The molecule has 0 heterocycles. The van der Waals surface area contributed by atoms with Gasteiger partial charge in [0.05, 0.1) is 18.2 Å². The molecule has 0 spiro atoms. The predicted molar refractivity (Wildman–Crippen MR) is 174 cm³/mol. The van der Waals surface area contributed by atoms with Crippen LogP contribution in [0.5, 0.6) is 0 Å². The molecule has 0 saturated carbocycles. The molecule has 9 nitrogen and oxygen atoms in total. The van der Waals surface area contributed by atoms with E-state index < -0.39 is 41.7 Å². The summed E-state index contributed by atoms with van der Waals surface area (Å²) in [7, 11) is 0. The van der Waals surface area contributed by atoms with Crippen LogP contribution < -0.4 is 21.3 Å². The second kappa shape index (κ2) is 17.6. The molecule has 4 amide bonds. The minimum Gasteiger partial charge on any atom is -0.391 e. The Morgan fingerprint density at radius 2 is 1.31 bits per heavy atom. The lowest BCUT2D eigenvalue weighted by molar-refractivity contribution is -0.132. The summed E-state index contributed by atoms with van der Waals surface area (Å²) < 4.78 is 14.6. The summed E-state index contributed by atoms with van der Waals surface area (Å²) in [4.78, 5) is 52.0. The molecule has 248 valence electrons. The van der Waals surface area contributed by atoms with Gasteiger partial charge in [-0.1, -0.05) is 78.8 Å². The summed E-state index contributed by atoms with van der Waals surface area (Å²) in [5, 5.41) is 22.4. The van der Waals surface area contributed by atoms with Crippen molar-refractivity contribution < 1.29 is 28.7 Å². The number of rotatable bonds is 16. The fourth-order valence-corrected chi connectivity index (χ4v) is 4.91. The quantitative estimate of drug-likeness (QED) is 0.183. The van der Waals surface area contributed by atoms with E-state index in [1.165, 1.54) is 6.07 Å². The zero-order valence-electron chi connectivity index (χ0n) is 27.8. The van der Waals surface area contributed by atoms with E-state index >= 15 is 0 Å². The maximum absolute atomic E-state index is 14.6. The van der Waals surface area contributed by atoms with Crippen molar-refractivity contribution in [3.05, 3.63) is 71.0 Å².